The SMILES string of the molecule is CCOC(=O)C1=C(CN2CCN(C=O)C(CN(C)c3ccc(C(=O)O)cc3)C2)NC(c2nccs2)=N[C@H]1c1cccc(F)c1Cl. The van der Waals surface area contributed by atoms with Crippen molar-refractivity contribution in [1.82, 2.24) is 20.1 Å². The van der Waals surface area contributed by atoms with Crippen molar-refractivity contribution in [3.63, 3.8) is 0 Å². The first kappa shape index (κ1) is 32.1. The van der Waals surface area contributed by atoms with Crippen LogP contribution < -0.4 is 10.2 Å². The van der Waals surface area contributed by atoms with E-state index < -0.39 is 23.8 Å². The fourth-order valence-corrected chi connectivity index (χ4v) is 6.27. The number of carboxylic acids is 1. The highest BCUT2D eigenvalue weighted by molar-refractivity contribution is 7.11. The average molecular weight is 655 g/mol. The third-order valence-corrected chi connectivity index (χ3v) is 8.88. The van der Waals surface area contributed by atoms with Crippen LogP contribution in [-0.2, 0) is 14.3 Å². The van der Waals surface area contributed by atoms with Crippen molar-refractivity contribution in [2.75, 3.05) is 51.3 Å². The highest BCUT2D eigenvalue weighted by atomic mass is 35.5. The maximum absolute atomic E-state index is 14.6. The molecule has 45 heavy (non-hydrogen) atoms. The number of likely N-dealkylation sites (N-methyl/N-ethyl adjacent to an activating group) is 1. The summed E-state index contributed by atoms with van der Waals surface area (Å²) in [5.74, 6) is -1.80. The maximum Gasteiger partial charge on any atom is 0.338 e. The summed E-state index contributed by atoms with van der Waals surface area (Å²) < 4.78 is 20.1. The van der Waals surface area contributed by atoms with Gasteiger partial charge in [0.05, 0.1) is 28.8 Å². The van der Waals surface area contributed by atoms with Crippen LogP contribution >= 0.6 is 22.9 Å². The summed E-state index contributed by atoms with van der Waals surface area (Å²) in [4.78, 5) is 51.8. The lowest BCUT2D eigenvalue weighted by Gasteiger charge is -2.42. The van der Waals surface area contributed by atoms with Gasteiger partial charge in [0.25, 0.3) is 0 Å². The molecular weight excluding hydrogens is 623 g/mol. The van der Waals surface area contributed by atoms with Gasteiger partial charge in [-0.1, -0.05) is 23.7 Å². The Bertz CT molecular complexity index is 1620. The number of anilines is 1. The lowest BCUT2D eigenvalue weighted by molar-refractivity contribution is -0.139. The number of carbonyl (C=O) groups is 3. The Morgan fingerprint density at radius 3 is 2.69 bits per heavy atom. The van der Waals surface area contributed by atoms with E-state index in [1.807, 2.05) is 17.3 Å². The summed E-state index contributed by atoms with van der Waals surface area (Å²) in [7, 11) is 1.88. The van der Waals surface area contributed by atoms with E-state index in [0.717, 1.165) is 12.1 Å². The zero-order valence-electron chi connectivity index (χ0n) is 24.7. The van der Waals surface area contributed by atoms with Crippen LogP contribution in [0.4, 0.5) is 10.1 Å². The van der Waals surface area contributed by atoms with E-state index in [1.165, 1.54) is 23.5 Å². The van der Waals surface area contributed by atoms with Crippen LogP contribution in [0.3, 0.4) is 0 Å². The summed E-state index contributed by atoms with van der Waals surface area (Å²) in [5.41, 5.74) is 2.06. The van der Waals surface area contributed by atoms with Gasteiger partial charge in [-0.25, -0.2) is 19.0 Å². The number of aliphatic imine (C=N–C) groups is 1. The van der Waals surface area contributed by atoms with E-state index in [4.69, 9.17) is 21.3 Å². The fraction of sp³-hybridized carbons (Fsp3) is 0.323. The Balaban J connectivity index is 1.45. The molecule has 0 radical (unpaired) electrons. The summed E-state index contributed by atoms with van der Waals surface area (Å²) in [6.07, 6.45) is 2.48. The Labute approximate surface area is 268 Å². The van der Waals surface area contributed by atoms with E-state index in [1.54, 1.807) is 48.4 Å². The number of ether oxygens (including phenoxy) is 1. The van der Waals surface area contributed by atoms with Crippen LogP contribution in [0, 0.1) is 5.82 Å². The minimum absolute atomic E-state index is 0.127. The number of rotatable bonds is 11. The predicted octanol–water partition coefficient (Wildman–Crippen LogP) is 3.82. The van der Waals surface area contributed by atoms with Gasteiger partial charge in [0, 0.05) is 68.3 Å². The van der Waals surface area contributed by atoms with E-state index >= 15 is 0 Å². The number of carbonyl (C=O) groups excluding carboxylic acids is 2. The monoisotopic (exact) mass is 654 g/mol. The number of nitrogens with zero attached hydrogens (tertiary/aromatic N) is 5. The van der Waals surface area contributed by atoms with Crippen molar-refractivity contribution in [1.29, 1.82) is 0 Å². The van der Waals surface area contributed by atoms with E-state index in [2.05, 4.69) is 15.2 Å². The Hall–Kier alpha value is -4.33. The Morgan fingerprint density at radius 2 is 2.02 bits per heavy atom. The Kier molecular flexibility index (Phi) is 10.1. The van der Waals surface area contributed by atoms with Crippen LogP contribution in [0.1, 0.15) is 33.9 Å². The third kappa shape index (κ3) is 7.16. The van der Waals surface area contributed by atoms with Gasteiger partial charge in [-0.3, -0.25) is 14.7 Å². The standard InChI is InChI=1S/C31H32ClFN6O5S/c1-3-44-31(43)25-24(35-28(29-34-11-14-45-29)36-27(25)22-5-4-6-23(33)26(22)32)17-38-12-13-39(18-40)21(16-38)15-37(2)20-9-7-19(8-10-20)30(41)42/h4-11,14,18,21,27H,3,12-13,15-17H2,1-2H3,(H,35,36)(H,41,42)/t21?,27-/m0/s1. The molecule has 236 valence electrons. The number of halogens is 2. The van der Waals surface area contributed by atoms with Crippen LogP contribution in [0.25, 0.3) is 0 Å². The number of aromatic nitrogens is 1. The number of amidine groups is 1. The minimum Gasteiger partial charge on any atom is -0.478 e. The van der Waals surface area contributed by atoms with Gasteiger partial charge in [-0.05, 0) is 37.3 Å². The number of thiazole rings is 1. The molecule has 11 nitrogen and oxygen atoms in total. The van der Waals surface area contributed by atoms with Crippen molar-refractivity contribution in [2.24, 2.45) is 4.99 Å². The minimum atomic E-state index is -1.00. The number of nitrogens with one attached hydrogen (secondary N) is 1. The highest BCUT2D eigenvalue weighted by Gasteiger charge is 2.36. The number of piperazine rings is 1. The second-order valence-electron chi connectivity index (χ2n) is 10.6. The average Bonchev–Trinajstić information content (AvgIpc) is 3.58. The molecule has 14 heteroatoms. The highest BCUT2D eigenvalue weighted by Crippen LogP contribution is 2.37. The number of amides is 1. The zero-order valence-corrected chi connectivity index (χ0v) is 26.2. The van der Waals surface area contributed by atoms with Gasteiger partial charge < -0.3 is 25.0 Å². The number of aromatic carboxylic acids is 1. The molecule has 3 heterocycles. The van der Waals surface area contributed by atoms with Crippen LogP contribution in [0.15, 0.2) is 70.3 Å². The molecule has 1 aromatic heterocycles. The summed E-state index contributed by atoms with van der Waals surface area (Å²) in [6.45, 7) is 4.05. The summed E-state index contributed by atoms with van der Waals surface area (Å²) in [5, 5.41) is 14.8. The number of carboxylic acid groups (broad SMARTS) is 1. The molecule has 1 unspecified atom stereocenters. The maximum atomic E-state index is 14.6. The van der Waals surface area contributed by atoms with Crippen molar-refractivity contribution >= 4 is 52.8 Å². The number of hydrogen-bond donors (Lipinski definition) is 2. The molecule has 5 rings (SSSR count). The molecule has 2 atom stereocenters. The van der Waals surface area contributed by atoms with E-state index in [0.29, 0.717) is 48.3 Å². The van der Waals surface area contributed by atoms with Crippen molar-refractivity contribution in [2.45, 2.75) is 19.0 Å². The number of benzene rings is 2. The fourth-order valence-electron chi connectivity index (χ4n) is 5.46. The van der Waals surface area contributed by atoms with E-state index in [9.17, 15) is 23.9 Å². The first-order chi connectivity index (χ1) is 21.7. The summed E-state index contributed by atoms with van der Waals surface area (Å²) in [6, 6.07) is 9.79. The predicted molar refractivity (Wildman–Crippen MR) is 169 cm³/mol. The Morgan fingerprint density at radius 1 is 1.24 bits per heavy atom. The van der Waals surface area contributed by atoms with Gasteiger partial charge in [-0.2, -0.15) is 0 Å². The molecule has 2 aromatic carbocycles. The first-order valence-electron chi connectivity index (χ1n) is 14.3. The molecule has 2 N–H and O–H groups in total. The quantitative estimate of drug-likeness (QED) is 0.234. The van der Waals surface area contributed by atoms with Crippen molar-refractivity contribution < 1.29 is 28.6 Å². The molecule has 1 fully saturated rings. The molecule has 0 aliphatic carbocycles. The topological polar surface area (TPSA) is 128 Å². The largest absolute Gasteiger partial charge is 0.478 e. The van der Waals surface area contributed by atoms with Gasteiger partial charge in [0.15, 0.2) is 10.8 Å². The molecule has 2 aliphatic heterocycles. The molecule has 2 aliphatic rings. The van der Waals surface area contributed by atoms with Crippen LogP contribution in [0.2, 0.25) is 5.02 Å². The first-order valence-corrected chi connectivity index (χ1v) is 15.5. The third-order valence-electron chi connectivity index (χ3n) is 7.70. The normalized spacial score (nSPS) is 18.7. The summed E-state index contributed by atoms with van der Waals surface area (Å²) >= 11 is 7.79. The van der Waals surface area contributed by atoms with E-state index in [-0.39, 0.29) is 35.4 Å². The molecule has 0 saturated carbocycles. The second-order valence-corrected chi connectivity index (χ2v) is 11.8. The van der Waals surface area contributed by atoms with Gasteiger partial charge in [0.2, 0.25) is 6.41 Å². The second kappa shape index (κ2) is 14.2. The molecule has 1 amide bonds. The molecule has 0 bridgehead atoms. The lowest BCUT2D eigenvalue weighted by Crippen LogP contribution is -2.57. The lowest BCUT2D eigenvalue weighted by atomic mass is 9.95. The smallest absolute Gasteiger partial charge is 0.338 e. The van der Waals surface area contributed by atoms with Gasteiger partial charge in [0.1, 0.15) is 11.9 Å². The zero-order chi connectivity index (χ0) is 32.1. The van der Waals surface area contributed by atoms with Crippen LogP contribution in [0.5, 0.6) is 0 Å². The van der Waals surface area contributed by atoms with Crippen molar-refractivity contribution in [3.05, 3.63) is 92.3 Å². The van der Waals surface area contributed by atoms with Crippen molar-refractivity contribution in [3.8, 4) is 0 Å². The van der Waals surface area contributed by atoms with Gasteiger partial charge in [-0.15, -0.1) is 11.3 Å². The van der Waals surface area contributed by atoms with Crippen LogP contribution in [-0.4, -0.2) is 96.5 Å². The molecule has 0 spiro atoms. The number of esters is 1. The number of hydrogen-bond acceptors (Lipinski definition) is 10. The molecule has 1 saturated heterocycles. The molecular formula is C31H32ClFN6O5S. The molecule has 3 aromatic rings. The van der Waals surface area contributed by atoms with Gasteiger partial charge >= 0.3 is 11.9 Å².